The Bertz CT molecular complexity index is 1880. The van der Waals surface area contributed by atoms with Crippen LogP contribution in [0.2, 0.25) is 0 Å². The van der Waals surface area contributed by atoms with E-state index < -0.39 is 34.0 Å². The first-order valence-electron chi connectivity index (χ1n) is 14.4. The van der Waals surface area contributed by atoms with Gasteiger partial charge < -0.3 is 33.9 Å². The monoisotopic (exact) mass is 606 g/mol. The van der Waals surface area contributed by atoms with Gasteiger partial charge in [0, 0.05) is 39.7 Å². The fourth-order valence-corrected chi connectivity index (χ4v) is 6.41. The van der Waals surface area contributed by atoms with Crippen LogP contribution in [-0.4, -0.2) is 40.5 Å². The highest BCUT2D eigenvalue weighted by Gasteiger charge is 2.57. The average molecular weight is 607 g/mol. The molecule has 2 aliphatic rings. The number of rotatable bonds is 7. The van der Waals surface area contributed by atoms with E-state index in [0.29, 0.717) is 23.3 Å². The van der Waals surface area contributed by atoms with Gasteiger partial charge in [0.25, 0.3) is 0 Å². The summed E-state index contributed by atoms with van der Waals surface area (Å²) in [6.07, 6.45) is 3.01. The number of carboxylic acid groups (broad SMARTS) is 2. The normalized spacial score (nSPS) is 21.6. The Kier molecular flexibility index (Phi) is 7.16. The van der Waals surface area contributed by atoms with Gasteiger partial charge in [0.2, 0.25) is 5.43 Å². The number of benzene rings is 2. The highest BCUT2D eigenvalue weighted by Crippen LogP contribution is 2.57. The molecule has 0 spiro atoms. The van der Waals surface area contributed by atoms with Crippen molar-refractivity contribution in [1.29, 1.82) is 0 Å². The van der Waals surface area contributed by atoms with Crippen LogP contribution in [0, 0.1) is 0 Å². The molecule has 2 aromatic carbocycles. The number of carboxylic acids is 2. The Labute approximate surface area is 254 Å². The van der Waals surface area contributed by atoms with Crippen LogP contribution in [0.4, 0.5) is 0 Å². The summed E-state index contributed by atoms with van der Waals surface area (Å²) >= 11 is 0. The Morgan fingerprint density at radius 3 is 2.25 bits per heavy atom. The van der Waals surface area contributed by atoms with Gasteiger partial charge in [-0.3, -0.25) is 4.79 Å². The number of hydrogen-bond acceptors (Lipinski definition) is 8. The van der Waals surface area contributed by atoms with Crippen molar-refractivity contribution in [2.75, 3.05) is 7.11 Å². The van der Waals surface area contributed by atoms with Crippen molar-refractivity contribution in [3.05, 3.63) is 61.8 Å². The van der Waals surface area contributed by atoms with Crippen molar-refractivity contribution in [3.8, 4) is 17.2 Å². The van der Waals surface area contributed by atoms with E-state index in [1.807, 2.05) is 40.7 Å². The third-order valence-corrected chi connectivity index (χ3v) is 9.10. The predicted molar refractivity (Wildman–Crippen MR) is 164 cm³/mol. The molecule has 234 valence electrons. The standard InChI is InChI=1S/C34H38O10/c1-15(2)10-11-18-27-21(26(36)24-28(18)42-17(4)32(24,5)6)25(35)19-14-20(41-9)22-23(29(19)43-27)33(7,8)44-34(22,31(39)40)13-12-16(3)30(37)38/h10,12,14,17,36H,11,13H2,1-9H3,(H,37,38)(H,39,40). The number of phenols is 1. The highest BCUT2D eigenvalue weighted by molar-refractivity contribution is 6.01. The minimum atomic E-state index is -2.05. The van der Waals surface area contributed by atoms with Crippen molar-refractivity contribution in [2.45, 2.75) is 91.0 Å². The second-order valence-electron chi connectivity index (χ2n) is 13.0. The van der Waals surface area contributed by atoms with E-state index in [4.69, 9.17) is 18.6 Å². The van der Waals surface area contributed by atoms with Crippen LogP contribution in [0.5, 0.6) is 17.2 Å². The summed E-state index contributed by atoms with van der Waals surface area (Å²) in [4.78, 5) is 38.9. The van der Waals surface area contributed by atoms with Crippen LogP contribution in [0.15, 0.2) is 38.6 Å². The summed E-state index contributed by atoms with van der Waals surface area (Å²) in [6.45, 7) is 14.4. The van der Waals surface area contributed by atoms with E-state index >= 15 is 0 Å². The maximum absolute atomic E-state index is 14.4. The molecule has 0 aliphatic carbocycles. The first kappa shape index (κ1) is 31.1. The van der Waals surface area contributed by atoms with Gasteiger partial charge in [0.15, 0.2) is 5.60 Å². The van der Waals surface area contributed by atoms with Gasteiger partial charge in [-0.25, -0.2) is 9.59 Å². The van der Waals surface area contributed by atoms with Crippen LogP contribution >= 0.6 is 0 Å². The Morgan fingerprint density at radius 1 is 1.02 bits per heavy atom. The van der Waals surface area contributed by atoms with Gasteiger partial charge in [0.1, 0.15) is 39.9 Å². The fraction of sp³-hybridized carbons (Fsp3) is 0.441. The summed E-state index contributed by atoms with van der Waals surface area (Å²) < 4.78 is 24.9. The van der Waals surface area contributed by atoms with E-state index in [0.717, 1.165) is 5.57 Å². The van der Waals surface area contributed by atoms with Crippen LogP contribution in [0.1, 0.15) is 84.1 Å². The topological polar surface area (TPSA) is 153 Å². The molecule has 2 unspecified atom stereocenters. The Morgan fingerprint density at radius 2 is 1.68 bits per heavy atom. The van der Waals surface area contributed by atoms with Gasteiger partial charge in [0.05, 0.1) is 18.1 Å². The summed E-state index contributed by atoms with van der Waals surface area (Å²) in [5, 5.41) is 31.8. The zero-order valence-corrected chi connectivity index (χ0v) is 26.4. The molecular weight excluding hydrogens is 568 g/mol. The maximum Gasteiger partial charge on any atom is 0.341 e. The minimum absolute atomic E-state index is 0.00224. The SMILES string of the molecule is COc1cc2c(=O)c3c(O)c4c(c(CC=C(C)C)c3oc2c2c1C(CC=C(C)C(=O)O)(C(=O)O)OC2(C)C)OC(C)C4(C)C. The molecule has 10 nitrogen and oxygen atoms in total. The van der Waals surface area contributed by atoms with Crippen LogP contribution in [0.25, 0.3) is 21.9 Å². The Hall–Kier alpha value is -4.31. The number of allylic oxidation sites excluding steroid dienone is 2. The van der Waals surface area contributed by atoms with E-state index in [1.54, 1.807) is 13.8 Å². The lowest BCUT2D eigenvalue weighted by Gasteiger charge is -2.28. The number of aromatic hydroxyl groups is 1. The van der Waals surface area contributed by atoms with Crippen LogP contribution in [0.3, 0.4) is 0 Å². The number of phenolic OH excluding ortho intramolecular Hbond substituents is 1. The quantitative estimate of drug-likeness (QED) is 0.161. The van der Waals surface area contributed by atoms with Crippen LogP contribution < -0.4 is 14.9 Å². The molecule has 3 aromatic rings. The van der Waals surface area contributed by atoms with E-state index in [-0.39, 0.29) is 62.7 Å². The molecule has 0 saturated heterocycles. The number of methoxy groups -OCH3 is 1. The smallest absolute Gasteiger partial charge is 0.341 e. The molecule has 0 bridgehead atoms. The summed E-state index contributed by atoms with van der Waals surface area (Å²) in [7, 11) is 1.35. The number of fused-ring (bicyclic) bond motifs is 5. The van der Waals surface area contributed by atoms with E-state index in [1.165, 1.54) is 26.2 Å². The number of carbonyl (C=O) groups is 2. The van der Waals surface area contributed by atoms with Crippen molar-refractivity contribution in [1.82, 2.24) is 0 Å². The number of ether oxygens (including phenoxy) is 3. The lowest BCUT2D eigenvalue weighted by molar-refractivity contribution is -0.182. The third-order valence-electron chi connectivity index (χ3n) is 9.10. The lowest BCUT2D eigenvalue weighted by atomic mass is 9.79. The summed E-state index contributed by atoms with van der Waals surface area (Å²) in [6, 6.07) is 1.41. The van der Waals surface area contributed by atoms with Gasteiger partial charge in [-0.05, 0) is 54.0 Å². The fourth-order valence-electron chi connectivity index (χ4n) is 6.41. The molecule has 5 rings (SSSR count). The molecule has 3 N–H and O–H groups in total. The highest BCUT2D eigenvalue weighted by atomic mass is 16.6. The summed E-state index contributed by atoms with van der Waals surface area (Å²) in [5.41, 5.74) is -1.73. The van der Waals surface area contributed by atoms with Crippen LogP contribution in [-0.2, 0) is 37.4 Å². The molecule has 0 amide bonds. The van der Waals surface area contributed by atoms with Crippen molar-refractivity contribution in [3.63, 3.8) is 0 Å². The number of aliphatic carboxylic acids is 2. The predicted octanol–water partition coefficient (Wildman–Crippen LogP) is 6.19. The molecule has 2 atom stereocenters. The molecule has 0 saturated carbocycles. The molecule has 0 radical (unpaired) electrons. The summed E-state index contributed by atoms with van der Waals surface area (Å²) in [5.74, 6) is -2.24. The molecule has 3 heterocycles. The molecular formula is C34H38O10. The average Bonchev–Trinajstić information content (AvgIpc) is 3.32. The maximum atomic E-state index is 14.4. The van der Waals surface area contributed by atoms with Gasteiger partial charge in [-0.15, -0.1) is 0 Å². The second-order valence-corrected chi connectivity index (χ2v) is 13.0. The zero-order valence-electron chi connectivity index (χ0n) is 26.4. The Balaban J connectivity index is 1.98. The van der Waals surface area contributed by atoms with Gasteiger partial charge >= 0.3 is 11.9 Å². The second kappa shape index (κ2) is 10.1. The molecule has 44 heavy (non-hydrogen) atoms. The molecule has 10 heteroatoms. The molecule has 1 aromatic heterocycles. The van der Waals surface area contributed by atoms with Crippen molar-refractivity contribution in [2.24, 2.45) is 0 Å². The minimum Gasteiger partial charge on any atom is -0.507 e. The number of hydrogen-bond donors (Lipinski definition) is 3. The van der Waals surface area contributed by atoms with E-state index in [2.05, 4.69) is 0 Å². The van der Waals surface area contributed by atoms with Gasteiger partial charge in [-0.2, -0.15) is 0 Å². The zero-order chi connectivity index (χ0) is 32.7. The van der Waals surface area contributed by atoms with Crippen molar-refractivity contribution < 1.29 is 43.5 Å². The first-order valence-corrected chi connectivity index (χ1v) is 14.4. The molecule has 2 aliphatic heterocycles. The lowest BCUT2D eigenvalue weighted by Crippen LogP contribution is -2.37. The molecule has 0 fully saturated rings. The van der Waals surface area contributed by atoms with E-state index in [9.17, 15) is 29.7 Å². The van der Waals surface area contributed by atoms with Gasteiger partial charge in [-0.1, -0.05) is 31.6 Å². The largest absolute Gasteiger partial charge is 0.507 e. The first-order chi connectivity index (χ1) is 20.4. The van der Waals surface area contributed by atoms with Crippen molar-refractivity contribution >= 4 is 33.9 Å². The third kappa shape index (κ3) is 4.29.